The van der Waals surface area contributed by atoms with E-state index in [1.807, 2.05) is 0 Å². The van der Waals surface area contributed by atoms with Crippen molar-refractivity contribution in [3.63, 3.8) is 0 Å². The number of hydrogen-bond donors (Lipinski definition) is 3. The second-order valence-electron chi connectivity index (χ2n) is 4.71. The quantitative estimate of drug-likeness (QED) is 0.642. The first kappa shape index (κ1) is 14.4. The molecule has 1 aliphatic carbocycles. The van der Waals surface area contributed by atoms with Crippen LogP contribution in [0.2, 0.25) is 0 Å². The Kier molecular flexibility index (Phi) is 4.48. The fraction of sp³-hybridized carbons (Fsp3) is 0.900. The number of rotatable bonds is 7. The molecule has 2 atom stereocenters. The van der Waals surface area contributed by atoms with Gasteiger partial charge in [-0.15, -0.1) is 0 Å². The number of aliphatic carboxylic acids is 1. The van der Waals surface area contributed by atoms with Gasteiger partial charge in [0.2, 0.25) is 0 Å². The zero-order valence-corrected chi connectivity index (χ0v) is 10.5. The van der Waals surface area contributed by atoms with Crippen LogP contribution in [0, 0.1) is 4.78 Å². The number of alkyl halides is 1. The van der Waals surface area contributed by atoms with Gasteiger partial charge in [0.05, 0.1) is 0 Å². The minimum atomic E-state index is -2.90. The van der Waals surface area contributed by atoms with E-state index < -0.39 is 27.4 Å². The zero-order chi connectivity index (χ0) is 13.1. The van der Waals surface area contributed by atoms with Gasteiger partial charge in [0.25, 0.3) is 0 Å². The average molecular weight is 266 g/mol. The molecule has 5 nitrogen and oxygen atoms in total. The van der Waals surface area contributed by atoms with Crippen molar-refractivity contribution in [1.29, 1.82) is 4.78 Å². The first-order chi connectivity index (χ1) is 7.74. The van der Waals surface area contributed by atoms with Crippen LogP contribution >= 0.6 is 0 Å². The molecule has 0 radical (unpaired) electrons. The van der Waals surface area contributed by atoms with Gasteiger partial charge in [-0.3, -0.25) is 9.57 Å². The van der Waals surface area contributed by atoms with Gasteiger partial charge in [0, 0.05) is 21.2 Å². The van der Waals surface area contributed by atoms with Crippen molar-refractivity contribution in [2.24, 2.45) is 5.73 Å². The number of carboxylic acids is 1. The molecule has 4 N–H and O–H groups in total. The molecule has 100 valence electrons. The zero-order valence-electron chi connectivity index (χ0n) is 9.65. The van der Waals surface area contributed by atoms with Crippen LogP contribution in [0.3, 0.4) is 0 Å². The smallest absolute Gasteiger partial charge is 0.320 e. The van der Waals surface area contributed by atoms with Crippen LogP contribution in [0.25, 0.3) is 0 Å². The highest BCUT2D eigenvalue weighted by Gasteiger charge is 2.37. The van der Waals surface area contributed by atoms with E-state index in [-0.39, 0.29) is 24.3 Å². The fourth-order valence-corrected chi connectivity index (χ4v) is 3.24. The maximum atomic E-state index is 13.6. The molecule has 1 unspecified atom stereocenters. The maximum absolute atomic E-state index is 13.6. The summed E-state index contributed by atoms with van der Waals surface area (Å²) < 4.78 is 32.9. The summed E-state index contributed by atoms with van der Waals surface area (Å²) in [6.07, 6.45) is 1.95. The number of carboxylic acid groups (broad SMARTS) is 1. The molecule has 7 heteroatoms. The summed E-state index contributed by atoms with van der Waals surface area (Å²) >= 11 is 0. The highest BCUT2D eigenvalue weighted by Crippen LogP contribution is 2.38. The molecule has 0 spiro atoms. The van der Waals surface area contributed by atoms with Gasteiger partial charge >= 0.3 is 5.97 Å². The lowest BCUT2D eigenvalue weighted by Crippen LogP contribution is -2.35. The summed E-state index contributed by atoms with van der Waals surface area (Å²) in [5.41, 5.74) is 4.02. The van der Waals surface area contributed by atoms with Crippen molar-refractivity contribution in [2.75, 3.05) is 11.5 Å². The third kappa shape index (κ3) is 4.59. The number of halogens is 1. The molecule has 0 heterocycles. The molecule has 17 heavy (non-hydrogen) atoms. The van der Waals surface area contributed by atoms with Crippen molar-refractivity contribution in [1.82, 2.24) is 0 Å². The van der Waals surface area contributed by atoms with E-state index in [9.17, 15) is 13.4 Å². The van der Waals surface area contributed by atoms with E-state index in [1.165, 1.54) is 0 Å². The molecular weight excluding hydrogens is 247 g/mol. The number of hydrogen-bond acceptors (Lipinski definition) is 4. The minimum Gasteiger partial charge on any atom is -0.480 e. The minimum absolute atomic E-state index is 0.00302. The topological polar surface area (TPSA) is 104 Å². The molecule has 1 aliphatic rings. The van der Waals surface area contributed by atoms with Crippen LogP contribution < -0.4 is 5.73 Å². The largest absolute Gasteiger partial charge is 0.480 e. The Morgan fingerprint density at radius 1 is 1.53 bits per heavy atom. The van der Waals surface area contributed by atoms with Crippen LogP contribution in [0.15, 0.2) is 0 Å². The predicted molar refractivity (Wildman–Crippen MR) is 63.1 cm³/mol. The Morgan fingerprint density at radius 2 is 2.12 bits per heavy atom. The van der Waals surface area contributed by atoms with E-state index in [0.29, 0.717) is 12.8 Å². The Hall–Kier alpha value is -0.690. The van der Waals surface area contributed by atoms with Crippen LogP contribution in [-0.2, 0) is 14.5 Å². The average Bonchev–Trinajstić information content (AvgIpc) is 2.20. The lowest BCUT2D eigenvalue weighted by atomic mass is 9.80. The molecule has 0 saturated heterocycles. The number of nitrogens with two attached hydrogens (primary N) is 1. The molecule has 0 aromatic rings. The Balaban J connectivity index is 2.33. The lowest BCUT2D eigenvalue weighted by molar-refractivity contribution is -0.138. The van der Waals surface area contributed by atoms with Gasteiger partial charge in [-0.2, -0.15) is 0 Å². The van der Waals surface area contributed by atoms with Crippen molar-refractivity contribution in [2.45, 2.75) is 43.8 Å². The molecule has 1 rings (SSSR count). The first-order valence-electron chi connectivity index (χ1n) is 5.66. The second kappa shape index (κ2) is 5.30. The molecule has 0 amide bonds. The lowest BCUT2D eigenvalue weighted by Gasteiger charge is -2.33. The summed E-state index contributed by atoms with van der Waals surface area (Å²) in [5, 5.41) is 8.55. The monoisotopic (exact) mass is 266 g/mol. The summed E-state index contributed by atoms with van der Waals surface area (Å²) in [6.45, 7) is 0. The van der Waals surface area contributed by atoms with Gasteiger partial charge in [0.15, 0.2) is 0 Å². The standard InChI is InChI=1S/C10H19FN2O3S/c11-10(3-1-4-10)5-7-17(13,16)6-2-8(12)9(14)15/h8,13H,1-7,12H2,(H,14,15)/t8-,17?/m0/s1. The molecule has 0 aromatic heterocycles. The van der Waals surface area contributed by atoms with Crippen molar-refractivity contribution in [3.05, 3.63) is 0 Å². The molecule has 1 saturated carbocycles. The van der Waals surface area contributed by atoms with Gasteiger partial charge in [-0.25, -0.2) is 8.60 Å². The van der Waals surface area contributed by atoms with Crippen LogP contribution in [-0.4, -0.2) is 38.5 Å². The summed E-state index contributed by atoms with van der Waals surface area (Å²) in [7, 11) is -2.90. The first-order valence-corrected chi connectivity index (χ1v) is 7.55. The summed E-state index contributed by atoms with van der Waals surface area (Å²) in [5.74, 6) is -1.24. The van der Waals surface area contributed by atoms with E-state index in [1.54, 1.807) is 0 Å². The van der Waals surface area contributed by atoms with E-state index in [4.69, 9.17) is 15.6 Å². The molecular formula is C10H19FN2O3S. The third-order valence-electron chi connectivity index (χ3n) is 3.21. The number of nitrogens with one attached hydrogen (secondary N) is 1. The van der Waals surface area contributed by atoms with Crippen molar-refractivity contribution in [3.8, 4) is 0 Å². The highest BCUT2D eigenvalue weighted by molar-refractivity contribution is 7.92. The van der Waals surface area contributed by atoms with Crippen LogP contribution in [0.5, 0.6) is 0 Å². The highest BCUT2D eigenvalue weighted by atomic mass is 32.2. The Bertz CT molecular complexity index is 379. The predicted octanol–water partition coefficient (Wildman–Crippen LogP) is 1.12. The van der Waals surface area contributed by atoms with Gasteiger partial charge in [-0.1, -0.05) is 0 Å². The Labute approximate surface area is 101 Å². The van der Waals surface area contributed by atoms with Gasteiger partial charge in [0.1, 0.15) is 11.7 Å². The van der Waals surface area contributed by atoms with E-state index in [2.05, 4.69) is 0 Å². The Morgan fingerprint density at radius 3 is 2.53 bits per heavy atom. The molecule has 0 aromatic carbocycles. The molecule has 0 bridgehead atoms. The van der Waals surface area contributed by atoms with Crippen molar-refractivity contribution >= 4 is 15.7 Å². The summed E-state index contributed by atoms with van der Waals surface area (Å²) in [6, 6.07) is -1.09. The van der Waals surface area contributed by atoms with Gasteiger partial charge in [-0.05, 0) is 32.1 Å². The molecule has 1 fully saturated rings. The molecule has 0 aliphatic heterocycles. The van der Waals surface area contributed by atoms with Crippen molar-refractivity contribution < 1.29 is 18.5 Å². The van der Waals surface area contributed by atoms with E-state index >= 15 is 0 Å². The number of carbonyl (C=O) groups is 1. The normalized spacial score (nSPS) is 23.4. The second-order valence-corrected chi connectivity index (χ2v) is 7.15. The fourth-order valence-electron chi connectivity index (χ4n) is 1.70. The SMILES string of the molecule is N=S(=O)(CC[C@H](N)C(=O)O)CCC1(F)CCC1. The van der Waals surface area contributed by atoms with E-state index in [0.717, 1.165) is 6.42 Å². The summed E-state index contributed by atoms with van der Waals surface area (Å²) in [4.78, 5) is 10.4. The maximum Gasteiger partial charge on any atom is 0.320 e. The van der Waals surface area contributed by atoms with Gasteiger partial charge < -0.3 is 10.8 Å². The third-order valence-corrected chi connectivity index (χ3v) is 4.96. The van der Waals surface area contributed by atoms with Crippen LogP contribution in [0.4, 0.5) is 4.39 Å². The van der Waals surface area contributed by atoms with Crippen LogP contribution in [0.1, 0.15) is 32.1 Å².